The Morgan fingerprint density at radius 3 is 2.50 bits per heavy atom. The Labute approximate surface area is 122 Å². The second-order valence-electron chi connectivity index (χ2n) is 6.36. The summed E-state index contributed by atoms with van der Waals surface area (Å²) < 4.78 is 25.7. The number of sulfone groups is 1. The minimum Gasteiger partial charge on any atom is -0.312 e. The van der Waals surface area contributed by atoms with Crippen molar-refractivity contribution in [2.24, 2.45) is 5.41 Å². The van der Waals surface area contributed by atoms with Gasteiger partial charge in [-0.3, -0.25) is 0 Å². The Morgan fingerprint density at radius 2 is 1.90 bits per heavy atom. The molecule has 0 heterocycles. The molecule has 0 aliphatic heterocycles. The molecule has 0 saturated heterocycles. The lowest BCUT2D eigenvalue weighted by molar-refractivity contribution is 0.285. The van der Waals surface area contributed by atoms with Gasteiger partial charge in [0.25, 0.3) is 0 Å². The van der Waals surface area contributed by atoms with Crippen LogP contribution in [0.4, 0.5) is 0 Å². The number of hydrogen-bond donors (Lipinski definition) is 1. The van der Waals surface area contributed by atoms with Gasteiger partial charge in [0.1, 0.15) is 0 Å². The van der Waals surface area contributed by atoms with E-state index in [2.05, 4.69) is 26.1 Å². The highest BCUT2D eigenvalue weighted by molar-refractivity contribution is 7.92. The predicted molar refractivity (Wildman–Crippen MR) is 82.5 cm³/mol. The van der Waals surface area contributed by atoms with Crippen molar-refractivity contribution in [3.8, 4) is 0 Å². The molecule has 0 spiro atoms. The van der Waals surface area contributed by atoms with Crippen LogP contribution in [0.2, 0.25) is 0 Å². The fourth-order valence-electron chi connectivity index (χ4n) is 3.17. The van der Waals surface area contributed by atoms with Crippen LogP contribution in [0.5, 0.6) is 0 Å². The lowest BCUT2D eigenvalue weighted by atomic mass is 9.87. The van der Waals surface area contributed by atoms with Crippen molar-refractivity contribution >= 4 is 9.84 Å². The third-order valence-corrected chi connectivity index (χ3v) is 6.61. The highest BCUT2D eigenvalue weighted by Crippen LogP contribution is 2.42. The van der Waals surface area contributed by atoms with Gasteiger partial charge in [0.05, 0.1) is 10.1 Å². The summed E-state index contributed by atoms with van der Waals surface area (Å²) in [5, 5.41) is 3.15. The maximum absolute atomic E-state index is 12.9. The van der Waals surface area contributed by atoms with Crippen molar-refractivity contribution in [2.75, 3.05) is 6.54 Å². The van der Waals surface area contributed by atoms with Crippen molar-refractivity contribution < 1.29 is 8.42 Å². The van der Waals surface area contributed by atoms with Gasteiger partial charge in [-0.2, -0.15) is 0 Å². The molecule has 2 unspecified atom stereocenters. The van der Waals surface area contributed by atoms with Crippen molar-refractivity contribution in [1.82, 2.24) is 5.32 Å². The van der Waals surface area contributed by atoms with Crippen LogP contribution in [0.3, 0.4) is 0 Å². The van der Waals surface area contributed by atoms with Gasteiger partial charge < -0.3 is 5.32 Å². The molecule has 1 aliphatic carbocycles. The van der Waals surface area contributed by atoms with Gasteiger partial charge in [-0.15, -0.1) is 0 Å². The smallest absolute Gasteiger partial charge is 0.182 e. The molecule has 112 valence electrons. The molecule has 1 aromatic carbocycles. The Bertz CT molecular complexity index is 537. The highest BCUT2D eigenvalue weighted by atomic mass is 32.2. The molecule has 1 fully saturated rings. The molecule has 1 aliphatic rings. The van der Waals surface area contributed by atoms with E-state index < -0.39 is 9.84 Å². The van der Waals surface area contributed by atoms with E-state index in [9.17, 15) is 8.42 Å². The van der Waals surface area contributed by atoms with E-state index in [0.29, 0.717) is 4.90 Å². The summed E-state index contributed by atoms with van der Waals surface area (Å²) in [6.45, 7) is 7.31. The van der Waals surface area contributed by atoms with E-state index in [4.69, 9.17) is 0 Å². The maximum Gasteiger partial charge on any atom is 0.182 e. The average Bonchev–Trinajstić information content (AvgIpc) is 2.73. The molecule has 20 heavy (non-hydrogen) atoms. The predicted octanol–water partition coefficient (Wildman–Crippen LogP) is 3.02. The quantitative estimate of drug-likeness (QED) is 0.908. The van der Waals surface area contributed by atoms with Crippen molar-refractivity contribution in [2.45, 2.75) is 56.2 Å². The van der Waals surface area contributed by atoms with Gasteiger partial charge in [0.15, 0.2) is 9.84 Å². The van der Waals surface area contributed by atoms with E-state index in [1.807, 2.05) is 6.07 Å². The molecule has 2 rings (SSSR count). The summed E-state index contributed by atoms with van der Waals surface area (Å²) in [6, 6.07) is 8.88. The van der Waals surface area contributed by atoms with Crippen LogP contribution in [0, 0.1) is 5.41 Å². The number of rotatable bonds is 5. The lowest BCUT2D eigenvalue weighted by Gasteiger charge is -2.31. The molecule has 1 aromatic rings. The van der Waals surface area contributed by atoms with Crippen LogP contribution in [0.1, 0.15) is 40.0 Å². The minimum absolute atomic E-state index is 0.0295. The van der Waals surface area contributed by atoms with Crippen LogP contribution in [0.15, 0.2) is 35.2 Å². The minimum atomic E-state index is -3.25. The Morgan fingerprint density at radius 1 is 1.25 bits per heavy atom. The topological polar surface area (TPSA) is 46.2 Å². The highest BCUT2D eigenvalue weighted by Gasteiger charge is 2.47. The van der Waals surface area contributed by atoms with Crippen LogP contribution in [-0.4, -0.2) is 26.3 Å². The van der Waals surface area contributed by atoms with Crippen LogP contribution < -0.4 is 5.32 Å². The molecule has 0 bridgehead atoms. The van der Waals surface area contributed by atoms with Crippen LogP contribution in [0.25, 0.3) is 0 Å². The molecule has 3 nitrogen and oxygen atoms in total. The first kappa shape index (κ1) is 15.5. The standard InChI is InChI=1S/C16H25NO2S/c1-4-12-17-15-14(10-11-16(15,2)3)20(18,19)13-8-6-5-7-9-13/h5-9,14-15,17H,4,10-12H2,1-3H3. The SMILES string of the molecule is CCCNC1C(S(=O)(=O)c2ccccc2)CCC1(C)C. The van der Waals surface area contributed by atoms with E-state index >= 15 is 0 Å². The van der Waals surface area contributed by atoms with Gasteiger partial charge in [-0.1, -0.05) is 39.0 Å². The number of nitrogens with one attached hydrogen (secondary N) is 1. The zero-order chi connectivity index (χ0) is 14.8. The summed E-state index contributed by atoms with van der Waals surface area (Å²) in [6.07, 6.45) is 2.71. The second-order valence-corrected chi connectivity index (χ2v) is 8.52. The van der Waals surface area contributed by atoms with Crippen molar-refractivity contribution in [3.63, 3.8) is 0 Å². The maximum atomic E-state index is 12.9. The van der Waals surface area contributed by atoms with Gasteiger partial charge in [0, 0.05) is 6.04 Å². The first-order chi connectivity index (χ1) is 9.39. The molecule has 0 radical (unpaired) electrons. The van der Waals surface area contributed by atoms with Gasteiger partial charge >= 0.3 is 0 Å². The Balaban J connectivity index is 2.31. The average molecular weight is 295 g/mol. The first-order valence-corrected chi connectivity index (χ1v) is 8.96. The lowest BCUT2D eigenvalue weighted by Crippen LogP contribution is -2.47. The molecular weight excluding hydrogens is 270 g/mol. The van der Waals surface area contributed by atoms with Crippen LogP contribution in [-0.2, 0) is 9.84 Å². The zero-order valence-electron chi connectivity index (χ0n) is 12.6. The summed E-state index contributed by atoms with van der Waals surface area (Å²) in [7, 11) is -3.25. The van der Waals surface area contributed by atoms with Gasteiger partial charge in [-0.25, -0.2) is 8.42 Å². The van der Waals surface area contributed by atoms with E-state index in [1.165, 1.54) is 0 Å². The van der Waals surface area contributed by atoms with Crippen molar-refractivity contribution in [1.29, 1.82) is 0 Å². The molecule has 1 N–H and O–H groups in total. The molecule has 1 saturated carbocycles. The molecule has 4 heteroatoms. The summed E-state index contributed by atoms with van der Waals surface area (Å²) >= 11 is 0. The molecule has 0 amide bonds. The summed E-state index contributed by atoms with van der Waals surface area (Å²) in [5.41, 5.74) is 0.0295. The largest absolute Gasteiger partial charge is 0.312 e. The van der Waals surface area contributed by atoms with E-state index in [0.717, 1.165) is 25.8 Å². The third kappa shape index (κ3) is 2.91. The van der Waals surface area contributed by atoms with Gasteiger partial charge in [0.2, 0.25) is 0 Å². The summed E-state index contributed by atoms with van der Waals surface area (Å²) in [4.78, 5) is 0.450. The second kappa shape index (κ2) is 5.86. The Hall–Kier alpha value is -0.870. The zero-order valence-corrected chi connectivity index (χ0v) is 13.4. The molecule has 2 atom stereocenters. The van der Waals surface area contributed by atoms with Gasteiger partial charge in [-0.05, 0) is 43.4 Å². The molecule has 0 aromatic heterocycles. The van der Waals surface area contributed by atoms with E-state index in [-0.39, 0.29) is 16.7 Å². The first-order valence-electron chi connectivity index (χ1n) is 7.42. The fraction of sp³-hybridized carbons (Fsp3) is 0.625. The fourth-order valence-corrected chi connectivity index (χ4v) is 5.30. The molecular formula is C16H25NO2S. The summed E-state index contributed by atoms with van der Waals surface area (Å²) in [5.74, 6) is 0. The number of benzene rings is 1. The number of hydrogen-bond acceptors (Lipinski definition) is 3. The van der Waals surface area contributed by atoms with E-state index in [1.54, 1.807) is 24.3 Å². The normalized spacial score (nSPS) is 25.8. The Kier molecular flexibility index (Phi) is 4.55. The third-order valence-electron chi connectivity index (χ3n) is 4.37. The van der Waals surface area contributed by atoms with Crippen LogP contribution >= 0.6 is 0 Å². The van der Waals surface area contributed by atoms with Crippen molar-refractivity contribution in [3.05, 3.63) is 30.3 Å². The monoisotopic (exact) mass is 295 g/mol.